The maximum atomic E-state index is 6.41. The molecule has 200 valence electrons. The Kier molecular flexibility index (Phi) is 5.40. The van der Waals surface area contributed by atoms with Crippen LogP contribution >= 0.6 is 0 Å². The van der Waals surface area contributed by atoms with E-state index in [2.05, 4.69) is 101 Å². The summed E-state index contributed by atoms with van der Waals surface area (Å²) in [7, 11) is 0. The fourth-order valence-electron chi connectivity index (χ4n) is 8.04. The molecule has 1 unspecified atom stereocenters. The van der Waals surface area contributed by atoms with Crippen LogP contribution in [0, 0.1) is 0 Å². The van der Waals surface area contributed by atoms with Crippen LogP contribution in [-0.2, 0) is 32.1 Å². The molecule has 1 spiro atoms. The number of hydrogen-bond donors (Lipinski definition) is 0. The van der Waals surface area contributed by atoms with Crippen LogP contribution in [-0.4, -0.2) is 37.1 Å². The van der Waals surface area contributed by atoms with Crippen molar-refractivity contribution in [2.45, 2.75) is 82.2 Å². The monoisotopic (exact) mass is 518 g/mol. The molecule has 39 heavy (non-hydrogen) atoms. The molecule has 0 saturated heterocycles. The Morgan fingerprint density at radius 2 is 1.26 bits per heavy atom. The Balaban J connectivity index is 1.41. The quantitative estimate of drug-likeness (QED) is 0.378. The Morgan fingerprint density at radius 3 is 1.82 bits per heavy atom. The minimum absolute atomic E-state index is 0.0182. The van der Waals surface area contributed by atoms with Gasteiger partial charge in [-0.05, 0) is 77.0 Å². The Labute approximate surface area is 232 Å². The first-order valence-electron chi connectivity index (χ1n) is 14.4. The first-order valence-corrected chi connectivity index (χ1v) is 14.4. The highest BCUT2D eigenvalue weighted by atomic mass is 16.5. The lowest BCUT2D eigenvalue weighted by atomic mass is 9.70. The smallest absolute Gasteiger partial charge is 0.216 e. The molecule has 0 saturated carbocycles. The molecule has 3 atom stereocenters. The van der Waals surface area contributed by atoms with Gasteiger partial charge in [0.05, 0.1) is 12.1 Å². The van der Waals surface area contributed by atoms with Gasteiger partial charge in [-0.2, -0.15) is 0 Å². The number of aliphatic imine (C=N–C) groups is 2. The van der Waals surface area contributed by atoms with E-state index in [0.29, 0.717) is 13.2 Å². The number of nitrogens with zero attached hydrogens (tertiary/aromatic N) is 2. The normalized spacial score (nSPS) is 27.5. The fourth-order valence-corrected chi connectivity index (χ4v) is 8.04. The largest absolute Gasteiger partial charge is 0.475 e. The van der Waals surface area contributed by atoms with E-state index in [9.17, 15) is 0 Å². The van der Waals surface area contributed by atoms with E-state index in [1.54, 1.807) is 0 Å². The van der Waals surface area contributed by atoms with Gasteiger partial charge in [0.15, 0.2) is 0 Å². The molecule has 4 aliphatic rings. The summed E-state index contributed by atoms with van der Waals surface area (Å²) in [5.74, 6) is 1.61. The summed E-state index contributed by atoms with van der Waals surface area (Å²) in [5.41, 5.74) is 9.15. The molecule has 4 heteroatoms. The zero-order valence-electron chi connectivity index (χ0n) is 23.8. The van der Waals surface area contributed by atoms with Crippen LogP contribution in [0.5, 0.6) is 0 Å². The minimum atomic E-state index is -0.161. The van der Waals surface area contributed by atoms with Gasteiger partial charge in [0.2, 0.25) is 11.8 Å². The predicted octanol–water partition coefficient (Wildman–Crippen LogP) is 6.89. The van der Waals surface area contributed by atoms with Crippen LogP contribution in [0.3, 0.4) is 0 Å². The number of benzene rings is 3. The van der Waals surface area contributed by atoms with Crippen molar-refractivity contribution in [2.24, 2.45) is 9.98 Å². The van der Waals surface area contributed by atoms with E-state index in [0.717, 1.165) is 42.2 Å². The molecule has 2 heterocycles. The summed E-state index contributed by atoms with van der Waals surface area (Å²) in [6.07, 6.45) is 2.98. The molecule has 0 aromatic heterocycles. The van der Waals surface area contributed by atoms with Crippen LogP contribution in [0.4, 0.5) is 0 Å². The second-order valence-electron chi connectivity index (χ2n) is 13.3. The average molecular weight is 519 g/mol. The van der Waals surface area contributed by atoms with Crippen molar-refractivity contribution in [3.8, 4) is 0 Å². The van der Waals surface area contributed by atoms with Crippen LogP contribution in [0.25, 0.3) is 0 Å². The van der Waals surface area contributed by atoms with Gasteiger partial charge in [-0.25, -0.2) is 9.98 Å². The summed E-state index contributed by atoms with van der Waals surface area (Å²) >= 11 is 0. The standard InChI is InChI=1S/C35H38N2O2/c1-22-18-38-31(36-22)25-13-9-15-27-29(25)35(20-33(27,2)3)21-34(4,5)28-16-10-14-26(30(28)35)32-37-24(19-39-32)17-23-11-7-6-8-12-23/h6-16,22,24H,17-21H2,1-5H3/t22-,24-,35?/m0/s1. The molecule has 0 fully saturated rings. The van der Waals surface area contributed by atoms with Gasteiger partial charge in [-0.15, -0.1) is 0 Å². The Bertz CT molecular complexity index is 1510. The van der Waals surface area contributed by atoms with E-state index < -0.39 is 0 Å². The zero-order valence-corrected chi connectivity index (χ0v) is 23.8. The van der Waals surface area contributed by atoms with Crippen molar-refractivity contribution in [2.75, 3.05) is 13.2 Å². The van der Waals surface area contributed by atoms with Crippen LogP contribution in [0.2, 0.25) is 0 Å². The highest BCUT2D eigenvalue weighted by molar-refractivity contribution is 6.00. The third-order valence-corrected chi connectivity index (χ3v) is 9.32. The number of hydrogen-bond acceptors (Lipinski definition) is 4. The number of ether oxygens (including phenoxy) is 2. The van der Waals surface area contributed by atoms with E-state index in [4.69, 9.17) is 19.5 Å². The molecule has 0 bridgehead atoms. The van der Waals surface area contributed by atoms with Gasteiger partial charge in [0, 0.05) is 16.5 Å². The Hall–Kier alpha value is -3.40. The maximum absolute atomic E-state index is 6.41. The van der Waals surface area contributed by atoms with Gasteiger partial charge in [-0.3, -0.25) is 0 Å². The first kappa shape index (κ1) is 24.6. The molecular weight excluding hydrogens is 480 g/mol. The molecule has 0 radical (unpaired) electrons. The summed E-state index contributed by atoms with van der Waals surface area (Å²) in [4.78, 5) is 10.1. The first-order chi connectivity index (χ1) is 18.7. The average Bonchev–Trinajstić information content (AvgIpc) is 3.65. The van der Waals surface area contributed by atoms with Gasteiger partial charge in [-0.1, -0.05) is 82.3 Å². The molecule has 2 aliphatic carbocycles. The van der Waals surface area contributed by atoms with E-state index in [-0.39, 0.29) is 28.3 Å². The summed E-state index contributed by atoms with van der Waals surface area (Å²) in [5, 5.41) is 0. The van der Waals surface area contributed by atoms with Crippen molar-refractivity contribution in [3.05, 3.63) is 106 Å². The minimum Gasteiger partial charge on any atom is -0.475 e. The van der Waals surface area contributed by atoms with Crippen LogP contribution in [0.15, 0.2) is 76.7 Å². The molecule has 3 aromatic carbocycles. The SMILES string of the molecule is C[C@H]1COC(c2cccc3c2C2(CC(C)(C)c4cccc(C5=N[C@@H](Cc6ccccc6)CO5)c42)CC3(C)C)=N1. The van der Waals surface area contributed by atoms with Crippen molar-refractivity contribution >= 4 is 11.8 Å². The molecule has 2 aliphatic heterocycles. The zero-order chi connectivity index (χ0) is 27.0. The lowest BCUT2D eigenvalue weighted by molar-refractivity contribution is 0.315. The molecular formula is C35H38N2O2. The highest BCUT2D eigenvalue weighted by Gasteiger charge is 2.58. The van der Waals surface area contributed by atoms with Gasteiger partial charge >= 0.3 is 0 Å². The highest BCUT2D eigenvalue weighted by Crippen LogP contribution is 2.64. The lowest BCUT2D eigenvalue weighted by Gasteiger charge is -2.32. The number of rotatable bonds is 4. The lowest BCUT2D eigenvalue weighted by Crippen LogP contribution is -2.30. The van der Waals surface area contributed by atoms with Gasteiger partial charge in [0.25, 0.3) is 0 Å². The van der Waals surface area contributed by atoms with Crippen molar-refractivity contribution in [1.82, 2.24) is 0 Å². The molecule has 0 N–H and O–H groups in total. The van der Waals surface area contributed by atoms with Crippen LogP contribution in [0.1, 0.15) is 86.4 Å². The summed E-state index contributed by atoms with van der Waals surface area (Å²) in [6.45, 7) is 13.0. The molecule has 7 rings (SSSR count). The second kappa shape index (κ2) is 8.55. The van der Waals surface area contributed by atoms with Crippen molar-refractivity contribution < 1.29 is 9.47 Å². The number of fused-ring (bicyclic) bond motifs is 4. The van der Waals surface area contributed by atoms with E-state index in [1.807, 2.05) is 0 Å². The third kappa shape index (κ3) is 3.78. The fraction of sp³-hybridized carbons (Fsp3) is 0.429. The summed E-state index contributed by atoms with van der Waals surface area (Å²) < 4.78 is 12.6. The Morgan fingerprint density at radius 1 is 0.692 bits per heavy atom. The van der Waals surface area contributed by atoms with E-state index >= 15 is 0 Å². The third-order valence-electron chi connectivity index (χ3n) is 9.32. The maximum Gasteiger partial charge on any atom is 0.216 e. The van der Waals surface area contributed by atoms with Crippen molar-refractivity contribution in [1.29, 1.82) is 0 Å². The van der Waals surface area contributed by atoms with Crippen LogP contribution < -0.4 is 0 Å². The molecule has 3 aromatic rings. The predicted molar refractivity (Wildman–Crippen MR) is 157 cm³/mol. The van der Waals surface area contributed by atoms with Crippen molar-refractivity contribution in [3.63, 3.8) is 0 Å². The second-order valence-corrected chi connectivity index (χ2v) is 13.3. The molecule has 4 nitrogen and oxygen atoms in total. The molecule has 0 amide bonds. The summed E-state index contributed by atoms with van der Waals surface area (Å²) in [6, 6.07) is 24.5. The van der Waals surface area contributed by atoms with Gasteiger partial charge < -0.3 is 9.47 Å². The van der Waals surface area contributed by atoms with Gasteiger partial charge in [0.1, 0.15) is 13.2 Å². The van der Waals surface area contributed by atoms with E-state index in [1.165, 1.54) is 27.8 Å². The topological polar surface area (TPSA) is 43.2 Å².